The van der Waals surface area contributed by atoms with E-state index in [2.05, 4.69) is 12.2 Å². The number of amides is 2. The van der Waals surface area contributed by atoms with Gasteiger partial charge in [0.2, 0.25) is 5.43 Å². The van der Waals surface area contributed by atoms with Gasteiger partial charge in [-0.25, -0.2) is 4.39 Å². The van der Waals surface area contributed by atoms with Crippen LogP contribution in [-0.2, 0) is 6.54 Å². The molecular weight excluding hydrogens is 427 g/mol. The molecule has 4 rings (SSSR count). The number of nitrogens with zero attached hydrogens (tertiary/aromatic N) is 3. The SMILES string of the molecule is C[C@@H]1CCN2[C@@H](C1)N(C)C(=O)c1c(O)c(=O)c(C(=O)NCc3ccc(Cl)cc3F)cn12. The van der Waals surface area contributed by atoms with Crippen LogP contribution in [0.5, 0.6) is 5.75 Å². The lowest BCUT2D eigenvalue weighted by molar-refractivity contribution is 0.0557. The molecule has 164 valence electrons. The zero-order chi connectivity index (χ0) is 22.4. The summed E-state index contributed by atoms with van der Waals surface area (Å²) in [5.74, 6) is -2.22. The van der Waals surface area contributed by atoms with Crippen molar-refractivity contribution in [3.8, 4) is 5.75 Å². The average Bonchev–Trinajstić information content (AvgIpc) is 2.73. The van der Waals surface area contributed by atoms with E-state index in [4.69, 9.17) is 11.6 Å². The zero-order valence-corrected chi connectivity index (χ0v) is 17.8. The van der Waals surface area contributed by atoms with Crippen LogP contribution in [0.3, 0.4) is 0 Å². The number of benzene rings is 1. The Morgan fingerprint density at radius 2 is 2.10 bits per heavy atom. The van der Waals surface area contributed by atoms with Gasteiger partial charge in [-0.2, -0.15) is 0 Å². The number of aromatic nitrogens is 1. The molecule has 2 amide bonds. The van der Waals surface area contributed by atoms with Gasteiger partial charge in [-0.3, -0.25) is 24.1 Å². The van der Waals surface area contributed by atoms with Crippen LogP contribution in [0.4, 0.5) is 4.39 Å². The Labute approximate surface area is 182 Å². The van der Waals surface area contributed by atoms with Crippen LogP contribution in [0.25, 0.3) is 0 Å². The van der Waals surface area contributed by atoms with E-state index < -0.39 is 28.8 Å². The second-order valence-electron chi connectivity index (χ2n) is 8.02. The van der Waals surface area contributed by atoms with E-state index in [-0.39, 0.29) is 34.6 Å². The Kier molecular flexibility index (Phi) is 5.38. The number of carbonyl (C=O) groups excluding carboxylic acids is 2. The number of hydrogen-bond donors (Lipinski definition) is 2. The summed E-state index contributed by atoms with van der Waals surface area (Å²) in [6, 6.07) is 4.05. The van der Waals surface area contributed by atoms with Crippen molar-refractivity contribution in [2.75, 3.05) is 18.6 Å². The summed E-state index contributed by atoms with van der Waals surface area (Å²) in [5.41, 5.74) is -1.25. The maximum atomic E-state index is 14.0. The van der Waals surface area contributed by atoms with Gasteiger partial charge >= 0.3 is 0 Å². The standard InChI is InChI=1S/C21H22ClFN4O4/c1-11-5-6-26-16(7-11)25(2)21(31)17-19(29)18(28)14(10-27(17)26)20(30)24-9-12-3-4-13(22)8-15(12)23/h3-4,8,10-11,16,29H,5-7,9H2,1-2H3,(H,24,30)/t11-,16+/m1/s1. The monoisotopic (exact) mass is 448 g/mol. The van der Waals surface area contributed by atoms with Gasteiger partial charge in [0.25, 0.3) is 11.8 Å². The molecule has 2 aliphatic rings. The van der Waals surface area contributed by atoms with Crippen LogP contribution >= 0.6 is 11.6 Å². The summed E-state index contributed by atoms with van der Waals surface area (Å²) in [7, 11) is 1.63. The number of piperidine rings is 1. The van der Waals surface area contributed by atoms with Crippen LogP contribution in [0.15, 0.2) is 29.2 Å². The van der Waals surface area contributed by atoms with E-state index in [1.54, 1.807) is 7.05 Å². The van der Waals surface area contributed by atoms with Gasteiger partial charge in [0.05, 0.1) is 0 Å². The number of hydrogen-bond acceptors (Lipinski definition) is 5. The van der Waals surface area contributed by atoms with Gasteiger partial charge in [0.15, 0.2) is 11.4 Å². The lowest BCUT2D eigenvalue weighted by Crippen LogP contribution is -2.62. The highest BCUT2D eigenvalue weighted by Crippen LogP contribution is 2.30. The Bertz CT molecular complexity index is 1140. The van der Waals surface area contributed by atoms with Gasteiger partial charge in [-0.1, -0.05) is 24.6 Å². The van der Waals surface area contributed by atoms with E-state index in [0.29, 0.717) is 12.5 Å². The van der Waals surface area contributed by atoms with Crippen molar-refractivity contribution in [3.05, 3.63) is 62.3 Å². The van der Waals surface area contributed by atoms with Crippen molar-refractivity contribution in [2.45, 2.75) is 32.5 Å². The van der Waals surface area contributed by atoms with Crippen LogP contribution in [0, 0.1) is 11.7 Å². The third kappa shape index (κ3) is 3.63. The molecule has 2 aliphatic heterocycles. The van der Waals surface area contributed by atoms with E-state index in [0.717, 1.165) is 18.9 Å². The van der Waals surface area contributed by atoms with Crippen molar-refractivity contribution in [1.82, 2.24) is 14.9 Å². The molecule has 0 aliphatic carbocycles. The largest absolute Gasteiger partial charge is 0.502 e. The summed E-state index contributed by atoms with van der Waals surface area (Å²) in [4.78, 5) is 39.7. The molecule has 1 aromatic carbocycles. The van der Waals surface area contributed by atoms with Gasteiger partial charge in [-0.05, 0) is 30.9 Å². The first-order chi connectivity index (χ1) is 14.7. The number of nitrogens with one attached hydrogen (secondary N) is 1. The normalized spacial score (nSPS) is 20.3. The lowest BCUT2D eigenvalue weighted by atomic mass is 9.96. The highest BCUT2D eigenvalue weighted by atomic mass is 35.5. The molecule has 0 saturated carbocycles. The third-order valence-corrected chi connectivity index (χ3v) is 6.15. The Hall–Kier alpha value is -3.07. The number of pyridine rings is 1. The van der Waals surface area contributed by atoms with Crippen LogP contribution < -0.4 is 15.8 Å². The molecule has 3 heterocycles. The van der Waals surface area contributed by atoms with Gasteiger partial charge in [0.1, 0.15) is 17.5 Å². The van der Waals surface area contributed by atoms with Crippen molar-refractivity contribution in [1.29, 1.82) is 0 Å². The number of carbonyl (C=O) groups is 2. The lowest BCUT2D eigenvalue weighted by Gasteiger charge is -2.49. The molecule has 2 aromatic rings. The van der Waals surface area contributed by atoms with Crippen LogP contribution in [0.2, 0.25) is 5.02 Å². The third-order valence-electron chi connectivity index (χ3n) is 5.92. The smallest absolute Gasteiger partial charge is 0.277 e. The molecule has 31 heavy (non-hydrogen) atoms. The molecule has 1 aromatic heterocycles. The minimum absolute atomic E-state index is 0.168. The number of rotatable bonds is 3. The fourth-order valence-corrected chi connectivity index (χ4v) is 4.26. The summed E-state index contributed by atoms with van der Waals surface area (Å²) in [6.07, 6.45) is 2.62. The van der Waals surface area contributed by atoms with E-state index in [1.807, 2.05) is 5.01 Å². The Balaban J connectivity index is 1.68. The van der Waals surface area contributed by atoms with Crippen molar-refractivity contribution in [2.24, 2.45) is 5.92 Å². The predicted molar refractivity (Wildman–Crippen MR) is 112 cm³/mol. The highest BCUT2D eigenvalue weighted by molar-refractivity contribution is 6.30. The topological polar surface area (TPSA) is 94.9 Å². The molecular formula is C21H22ClFN4O4. The summed E-state index contributed by atoms with van der Waals surface area (Å²) in [6.45, 7) is 2.52. The molecule has 2 N–H and O–H groups in total. The van der Waals surface area contributed by atoms with E-state index in [9.17, 15) is 23.9 Å². The van der Waals surface area contributed by atoms with Crippen molar-refractivity contribution < 1.29 is 19.1 Å². The van der Waals surface area contributed by atoms with Crippen LogP contribution in [0.1, 0.15) is 46.2 Å². The summed E-state index contributed by atoms with van der Waals surface area (Å²) >= 11 is 5.73. The molecule has 2 atom stereocenters. The minimum atomic E-state index is -0.953. The fraction of sp³-hybridized carbons (Fsp3) is 0.381. The molecule has 0 unspecified atom stereocenters. The van der Waals surface area contributed by atoms with Crippen LogP contribution in [-0.4, -0.2) is 46.3 Å². The quantitative estimate of drug-likeness (QED) is 0.749. The molecule has 10 heteroatoms. The van der Waals surface area contributed by atoms with Gasteiger partial charge in [-0.15, -0.1) is 0 Å². The minimum Gasteiger partial charge on any atom is -0.502 e. The Morgan fingerprint density at radius 1 is 1.35 bits per heavy atom. The second kappa shape index (κ2) is 7.88. The zero-order valence-electron chi connectivity index (χ0n) is 17.1. The summed E-state index contributed by atoms with van der Waals surface area (Å²) < 4.78 is 15.4. The predicted octanol–water partition coefficient (Wildman–Crippen LogP) is 2.06. The molecule has 1 fully saturated rings. The second-order valence-corrected chi connectivity index (χ2v) is 8.46. The first kappa shape index (κ1) is 21.2. The molecule has 8 nitrogen and oxygen atoms in total. The first-order valence-electron chi connectivity index (χ1n) is 9.94. The van der Waals surface area contributed by atoms with E-state index in [1.165, 1.54) is 27.9 Å². The van der Waals surface area contributed by atoms with Crippen molar-refractivity contribution in [3.63, 3.8) is 0 Å². The average molecular weight is 449 g/mol. The molecule has 0 bridgehead atoms. The molecule has 0 spiro atoms. The highest BCUT2D eigenvalue weighted by Gasteiger charge is 2.41. The molecule has 0 radical (unpaired) electrons. The van der Waals surface area contributed by atoms with Crippen molar-refractivity contribution >= 4 is 23.4 Å². The number of halogens is 2. The first-order valence-corrected chi connectivity index (χ1v) is 10.3. The number of fused-ring (bicyclic) bond motifs is 3. The number of aromatic hydroxyl groups is 1. The maximum absolute atomic E-state index is 14.0. The maximum Gasteiger partial charge on any atom is 0.277 e. The molecule has 1 saturated heterocycles. The van der Waals surface area contributed by atoms with Gasteiger partial charge < -0.3 is 15.3 Å². The van der Waals surface area contributed by atoms with Gasteiger partial charge in [0, 0.05) is 36.9 Å². The Morgan fingerprint density at radius 3 is 2.81 bits per heavy atom. The fourth-order valence-electron chi connectivity index (χ4n) is 4.10. The van der Waals surface area contributed by atoms with E-state index >= 15 is 0 Å². The summed E-state index contributed by atoms with van der Waals surface area (Å²) in [5, 5.41) is 15.1.